The van der Waals surface area contributed by atoms with Gasteiger partial charge in [-0.2, -0.15) is 5.26 Å². The van der Waals surface area contributed by atoms with Gasteiger partial charge in [-0.3, -0.25) is 14.9 Å². The Hall–Kier alpha value is -2.63. The van der Waals surface area contributed by atoms with Crippen LogP contribution in [0.25, 0.3) is 0 Å². The number of nitrogens with zero attached hydrogens (tertiary/aromatic N) is 3. The van der Waals surface area contributed by atoms with E-state index in [1.165, 1.54) is 6.07 Å². The van der Waals surface area contributed by atoms with Crippen molar-refractivity contribution in [1.29, 1.82) is 5.26 Å². The molecule has 0 saturated carbocycles. The van der Waals surface area contributed by atoms with E-state index < -0.39 is 46.2 Å². The van der Waals surface area contributed by atoms with Crippen LogP contribution in [0.4, 0.5) is 14.5 Å². The Balaban J connectivity index is 3.58. The molecule has 0 aromatic carbocycles. The van der Waals surface area contributed by atoms with E-state index in [0.29, 0.717) is 0 Å². The monoisotopic (exact) mass is 257 g/mol. The number of aliphatic carboxylic acids is 1. The van der Waals surface area contributed by atoms with E-state index in [2.05, 4.69) is 4.98 Å². The van der Waals surface area contributed by atoms with E-state index in [4.69, 9.17) is 10.4 Å². The van der Waals surface area contributed by atoms with Crippen molar-refractivity contribution in [2.45, 2.75) is 12.8 Å². The molecule has 0 radical (unpaired) electrons. The van der Waals surface area contributed by atoms with Gasteiger partial charge < -0.3 is 5.11 Å². The quantitative estimate of drug-likeness (QED) is 0.643. The number of rotatable bonds is 4. The number of hydrogen-bond donors (Lipinski definition) is 1. The molecule has 94 valence electrons. The number of carboxylic acid groups (broad SMARTS) is 1. The Morgan fingerprint density at radius 2 is 2.28 bits per heavy atom. The van der Waals surface area contributed by atoms with E-state index in [1.54, 1.807) is 0 Å². The Labute approximate surface area is 98.4 Å². The van der Waals surface area contributed by atoms with E-state index in [1.807, 2.05) is 0 Å². The standard InChI is InChI=1S/C9H5F2N3O4/c10-9(11)7-4(1-6(15)16)3-13-5(2-12)8(7)14(17)18/h3,9H,1H2,(H,15,16). The molecule has 0 aliphatic carbocycles. The maximum atomic E-state index is 12.8. The highest BCUT2D eigenvalue weighted by Gasteiger charge is 2.31. The van der Waals surface area contributed by atoms with Crippen molar-refractivity contribution in [2.24, 2.45) is 0 Å². The van der Waals surface area contributed by atoms with Crippen molar-refractivity contribution in [2.75, 3.05) is 0 Å². The lowest BCUT2D eigenvalue weighted by atomic mass is 10.0. The fraction of sp³-hybridized carbons (Fsp3) is 0.222. The van der Waals surface area contributed by atoms with Crippen LogP contribution in [0.15, 0.2) is 6.20 Å². The number of nitro groups is 1. The van der Waals surface area contributed by atoms with Gasteiger partial charge in [0.25, 0.3) is 6.43 Å². The Kier molecular flexibility index (Phi) is 3.83. The second kappa shape index (κ2) is 5.13. The van der Waals surface area contributed by atoms with E-state index in [0.717, 1.165) is 6.20 Å². The second-order valence-electron chi connectivity index (χ2n) is 3.13. The van der Waals surface area contributed by atoms with Gasteiger partial charge in [0.05, 0.1) is 11.3 Å². The summed E-state index contributed by atoms with van der Waals surface area (Å²) in [5, 5.41) is 27.8. The summed E-state index contributed by atoms with van der Waals surface area (Å²) in [6, 6.07) is 1.32. The average Bonchev–Trinajstić information content (AvgIpc) is 2.26. The molecule has 7 nitrogen and oxygen atoms in total. The van der Waals surface area contributed by atoms with E-state index in [9.17, 15) is 23.7 Å². The van der Waals surface area contributed by atoms with Crippen molar-refractivity contribution in [3.63, 3.8) is 0 Å². The minimum atomic E-state index is -3.27. The molecule has 0 saturated heterocycles. The molecule has 0 spiro atoms. The molecule has 9 heteroatoms. The maximum absolute atomic E-state index is 12.8. The Bertz CT molecular complexity index is 553. The molecule has 0 aliphatic rings. The Morgan fingerprint density at radius 1 is 1.67 bits per heavy atom. The second-order valence-corrected chi connectivity index (χ2v) is 3.13. The van der Waals surface area contributed by atoms with Gasteiger partial charge in [-0.25, -0.2) is 13.8 Å². The van der Waals surface area contributed by atoms with Crippen LogP contribution in [0.3, 0.4) is 0 Å². The summed E-state index contributed by atoms with van der Waals surface area (Å²) < 4.78 is 25.6. The summed E-state index contributed by atoms with van der Waals surface area (Å²) in [7, 11) is 0. The predicted octanol–water partition coefficient (Wildman–Crippen LogP) is 1.43. The fourth-order valence-corrected chi connectivity index (χ4v) is 1.37. The number of carboxylic acids is 1. The minimum absolute atomic E-state index is 0.483. The van der Waals surface area contributed by atoms with Crippen LogP contribution in [-0.2, 0) is 11.2 Å². The largest absolute Gasteiger partial charge is 0.481 e. The molecule has 0 bridgehead atoms. The van der Waals surface area contributed by atoms with Crippen LogP contribution in [0.5, 0.6) is 0 Å². The van der Waals surface area contributed by atoms with Gasteiger partial charge in [0, 0.05) is 6.20 Å². The lowest BCUT2D eigenvalue weighted by molar-refractivity contribution is -0.386. The van der Waals surface area contributed by atoms with Crippen LogP contribution in [0.1, 0.15) is 23.2 Å². The summed E-state index contributed by atoms with van der Waals surface area (Å²) >= 11 is 0. The average molecular weight is 257 g/mol. The van der Waals surface area contributed by atoms with Crippen molar-refractivity contribution in [3.8, 4) is 6.07 Å². The van der Waals surface area contributed by atoms with Crippen LogP contribution < -0.4 is 0 Å². The minimum Gasteiger partial charge on any atom is -0.481 e. The van der Waals surface area contributed by atoms with Crippen molar-refractivity contribution in [3.05, 3.63) is 33.1 Å². The van der Waals surface area contributed by atoms with Crippen molar-refractivity contribution >= 4 is 11.7 Å². The normalized spacial score (nSPS) is 10.1. The lowest BCUT2D eigenvalue weighted by Crippen LogP contribution is -2.09. The first kappa shape index (κ1) is 13.4. The number of pyridine rings is 1. The topological polar surface area (TPSA) is 117 Å². The fourth-order valence-electron chi connectivity index (χ4n) is 1.37. The molecule has 0 unspecified atom stereocenters. The molecule has 0 fully saturated rings. The molecular weight excluding hydrogens is 252 g/mol. The summed E-state index contributed by atoms with van der Waals surface area (Å²) in [6.45, 7) is 0. The van der Waals surface area contributed by atoms with Gasteiger partial charge in [-0.05, 0) is 5.56 Å². The zero-order valence-electron chi connectivity index (χ0n) is 8.63. The van der Waals surface area contributed by atoms with Gasteiger partial charge in [0.1, 0.15) is 11.6 Å². The molecule has 1 aromatic rings. The lowest BCUT2D eigenvalue weighted by Gasteiger charge is -2.07. The van der Waals surface area contributed by atoms with Crippen LogP contribution in [0.2, 0.25) is 0 Å². The van der Waals surface area contributed by atoms with Gasteiger partial charge in [0.2, 0.25) is 5.69 Å². The maximum Gasteiger partial charge on any atom is 0.314 e. The van der Waals surface area contributed by atoms with Crippen molar-refractivity contribution in [1.82, 2.24) is 4.98 Å². The first-order valence-electron chi connectivity index (χ1n) is 4.44. The third-order valence-corrected chi connectivity index (χ3v) is 2.02. The molecule has 0 atom stereocenters. The number of carbonyl (C=O) groups is 1. The third-order valence-electron chi connectivity index (χ3n) is 2.02. The summed E-state index contributed by atoms with van der Waals surface area (Å²) in [6.07, 6.45) is -3.37. The van der Waals surface area contributed by atoms with E-state index >= 15 is 0 Å². The highest BCUT2D eigenvalue weighted by Crippen LogP contribution is 2.33. The zero-order valence-corrected chi connectivity index (χ0v) is 8.63. The van der Waals surface area contributed by atoms with Gasteiger partial charge in [-0.1, -0.05) is 0 Å². The highest BCUT2D eigenvalue weighted by molar-refractivity contribution is 5.72. The summed E-state index contributed by atoms with van der Waals surface area (Å²) in [5.41, 5.74) is -3.48. The Morgan fingerprint density at radius 3 is 2.67 bits per heavy atom. The van der Waals surface area contributed by atoms with Gasteiger partial charge in [-0.15, -0.1) is 0 Å². The zero-order chi connectivity index (χ0) is 13.9. The van der Waals surface area contributed by atoms with Crippen LogP contribution in [0, 0.1) is 21.4 Å². The number of alkyl halides is 2. The molecular formula is C9H5F2N3O4. The summed E-state index contributed by atoms with van der Waals surface area (Å²) in [4.78, 5) is 23.3. The van der Waals surface area contributed by atoms with Crippen molar-refractivity contribution < 1.29 is 23.6 Å². The number of nitriles is 1. The number of halogens is 2. The molecule has 1 heterocycles. The number of aromatic nitrogens is 1. The van der Waals surface area contributed by atoms with Crippen LogP contribution in [-0.4, -0.2) is 21.0 Å². The first-order valence-corrected chi connectivity index (χ1v) is 4.44. The van der Waals surface area contributed by atoms with Gasteiger partial charge >= 0.3 is 11.7 Å². The molecule has 1 rings (SSSR count). The number of hydrogen-bond acceptors (Lipinski definition) is 5. The first-order chi connectivity index (χ1) is 8.38. The molecule has 1 N–H and O–H groups in total. The smallest absolute Gasteiger partial charge is 0.314 e. The highest BCUT2D eigenvalue weighted by atomic mass is 19.3. The van der Waals surface area contributed by atoms with E-state index in [-0.39, 0.29) is 0 Å². The third kappa shape index (κ3) is 2.54. The SMILES string of the molecule is N#Cc1ncc(CC(=O)O)c(C(F)F)c1[N+](=O)[O-]. The van der Waals surface area contributed by atoms with Gasteiger partial charge in [0.15, 0.2) is 0 Å². The molecule has 0 amide bonds. The predicted molar refractivity (Wildman–Crippen MR) is 51.9 cm³/mol. The molecule has 0 aliphatic heterocycles. The summed E-state index contributed by atoms with van der Waals surface area (Å²) in [5.74, 6) is -1.43. The molecule has 1 aromatic heterocycles. The molecule has 18 heavy (non-hydrogen) atoms. The van der Waals surface area contributed by atoms with Crippen LogP contribution >= 0.6 is 0 Å².